The fourth-order valence-corrected chi connectivity index (χ4v) is 16.5. The first-order valence-electron chi connectivity index (χ1n) is 23.4. The van der Waals surface area contributed by atoms with Gasteiger partial charge in [-0.2, -0.15) is 0 Å². The van der Waals surface area contributed by atoms with Crippen LogP contribution in [0, 0.1) is 69.0 Å². The van der Waals surface area contributed by atoms with Crippen LogP contribution in [-0.4, -0.2) is 60.8 Å². The predicted octanol–water partition coefficient (Wildman–Crippen LogP) is 10.5. The number of aryl methyl sites for hydroxylation is 1. The van der Waals surface area contributed by atoms with E-state index >= 15 is 4.79 Å². The van der Waals surface area contributed by atoms with E-state index in [4.69, 9.17) is 4.74 Å². The highest BCUT2D eigenvalue weighted by molar-refractivity contribution is 5.85. The molecule has 1 N–H and O–H groups in total. The Morgan fingerprint density at radius 1 is 0.845 bits per heavy atom. The van der Waals surface area contributed by atoms with Crippen LogP contribution in [0.3, 0.4) is 0 Å². The minimum absolute atomic E-state index is 0.115. The lowest BCUT2D eigenvalue weighted by Crippen LogP contribution is -2.68. The van der Waals surface area contributed by atoms with Crippen LogP contribution in [0.15, 0.2) is 12.2 Å². The molecule has 58 heavy (non-hydrogen) atoms. The number of aromatic nitrogens is 3. The Labute approximate surface area is 349 Å². The molecule has 1 amide bonds. The number of esters is 1. The van der Waals surface area contributed by atoms with Gasteiger partial charge < -0.3 is 19.3 Å². The largest absolute Gasteiger partial charge is 0.481 e. The number of rotatable bonds is 8. The molecular weight excluding hydrogens is 725 g/mol. The van der Waals surface area contributed by atoms with E-state index in [0.717, 1.165) is 88.7 Å². The molecule has 322 valence electrons. The van der Waals surface area contributed by atoms with Crippen molar-refractivity contribution in [1.82, 2.24) is 19.7 Å². The summed E-state index contributed by atoms with van der Waals surface area (Å²) in [5.74, 6) is 3.70. The van der Waals surface area contributed by atoms with Crippen molar-refractivity contribution in [3.63, 3.8) is 0 Å². The Morgan fingerprint density at radius 2 is 1.52 bits per heavy atom. The second kappa shape index (κ2) is 13.9. The van der Waals surface area contributed by atoms with Gasteiger partial charge in [-0.05, 0) is 163 Å². The van der Waals surface area contributed by atoms with Gasteiger partial charge in [-0.3, -0.25) is 14.4 Å². The number of carboxylic acids is 1. The van der Waals surface area contributed by atoms with Gasteiger partial charge in [0, 0.05) is 29.5 Å². The number of allylic oxidation sites excluding steroid dienone is 1. The van der Waals surface area contributed by atoms with Crippen molar-refractivity contribution in [3.05, 3.63) is 23.8 Å². The molecule has 2 aliphatic heterocycles. The quantitative estimate of drug-likeness (QED) is 0.206. The maximum absolute atomic E-state index is 15.7. The molecule has 0 radical (unpaired) electrons. The van der Waals surface area contributed by atoms with Crippen molar-refractivity contribution < 1.29 is 24.2 Å². The lowest BCUT2D eigenvalue weighted by atomic mass is 9.32. The summed E-state index contributed by atoms with van der Waals surface area (Å²) in [6, 6.07) is 0.928. The minimum atomic E-state index is -1.15. The number of piperidine rings is 1. The molecule has 8 rings (SSSR count). The Bertz CT molecular complexity index is 1830. The second-order valence-electron chi connectivity index (χ2n) is 23.4. The summed E-state index contributed by atoms with van der Waals surface area (Å²) in [6.07, 6.45) is 14.5. The molecule has 5 saturated carbocycles. The molecule has 7 aliphatic rings. The summed E-state index contributed by atoms with van der Waals surface area (Å²) in [5.41, 5.74) is -0.00933. The van der Waals surface area contributed by atoms with Crippen molar-refractivity contribution in [2.24, 2.45) is 62.1 Å². The molecule has 2 saturated heterocycles. The van der Waals surface area contributed by atoms with E-state index in [9.17, 15) is 14.7 Å². The van der Waals surface area contributed by atoms with Crippen LogP contribution in [0.5, 0.6) is 0 Å². The summed E-state index contributed by atoms with van der Waals surface area (Å²) >= 11 is 0. The average Bonchev–Trinajstić information content (AvgIpc) is 3.80. The summed E-state index contributed by atoms with van der Waals surface area (Å²) in [7, 11) is 0. The number of hydrogen-bond acceptors (Lipinski definition) is 6. The molecule has 13 atom stereocenters. The van der Waals surface area contributed by atoms with E-state index < -0.39 is 17.4 Å². The number of carboxylic acid groups (broad SMARTS) is 1. The Kier molecular flexibility index (Phi) is 10.1. The number of carbonyl (C=O) groups is 3. The highest BCUT2D eigenvalue weighted by Gasteiger charge is 2.73. The highest BCUT2D eigenvalue weighted by atomic mass is 16.5. The molecule has 9 heteroatoms. The van der Waals surface area contributed by atoms with Crippen LogP contribution in [0.1, 0.15) is 189 Å². The molecule has 2 bridgehead atoms. The fourth-order valence-electron chi connectivity index (χ4n) is 16.5. The number of aliphatic carboxylic acids is 1. The highest BCUT2D eigenvalue weighted by Crippen LogP contribution is 2.78. The van der Waals surface area contributed by atoms with Gasteiger partial charge >= 0.3 is 11.9 Å². The van der Waals surface area contributed by atoms with Crippen LogP contribution < -0.4 is 0 Å². The summed E-state index contributed by atoms with van der Waals surface area (Å²) in [4.78, 5) is 43.2. The molecule has 7 fully saturated rings. The molecule has 1 aromatic heterocycles. The number of fused-ring (bicyclic) bond motifs is 9. The predicted molar refractivity (Wildman–Crippen MR) is 226 cm³/mol. The maximum atomic E-state index is 15.7. The van der Waals surface area contributed by atoms with Crippen LogP contribution in [0.2, 0.25) is 0 Å². The van der Waals surface area contributed by atoms with Gasteiger partial charge in [-0.15, -0.1) is 10.2 Å². The molecule has 0 unspecified atom stereocenters. The normalized spacial score (nSPS) is 42.9. The molecule has 3 heterocycles. The monoisotopic (exact) mass is 801 g/mol. The first-order valence-corrected chi connectivity index (χ1v) is 23.4. The van der Waals surface area contributed by atoms with E-state index in [1.165, 1.54) is 18.4 Å². The zero-order chi connectivity index (χ0) is 42.1. The number of hydrogen-bond donors (Lipinski definition) is 1. The molecule has 5 aliphatic carbocycles. The second-order valence-corrected chi connectivity index (χ2v) is 23.4. The van der Waals surface area contributed by atoms with E-state index in [2.05, 4.69) is 88.6 Å². The minimum Gasteiger partial charge on any atom is -0.481 e. The Balaban J connectivity index is 1.05. The average molecular weight is 801 g/mol. The van der Waals surface area contributed by atoms with E-state index in [1.807, 2.05) is 0 Å². The summed E-state index contributed by atoms with van der Waals surface area (Å²) in [5, 5.41) is 18.8. The van der Waals surface area contributed by atoms with Gasteiger partial charge in [0.05, 0.1) is 17.3 Å². The van der Waals surface area contributed by atoms with Gasteiger partial charge in [0.15, 0.2) is 0 Å². The Hall–Kier alpha value is -2.71. The third-order valence-electron chi connectivity index (χ3n) is 19.6. The third-order valence-corrected chi connectivity index (χ3v) is 19.6. The van der Waals surface area contributed by atoms with Gasteiger partial charge in [-0.25, -0.2) is 0 Å². The molecular formula is C49H76N4O5. The van der Waals surface area contributed by atoms with E-state index in [1.54, 1.807) is 13.8 Å². The number of amides is 1. The van der Waals surface area contributed by atoms with Crippen LogP contribution in [0.25, 0.3) is 0 Å². The summed E-state index contributed by atoms with van der Waals surface area (Å²) in [6.45, 7) is 29.1. The molecule has 0 spiro atoms. The first kappa shape index (κ1) is 42.0. The van der Waals surface area contributed by atoms with Crippen LogP contribution in [0.4, 0.5) is 0 Å². The molecule has 0 aromatic carbocycles. The zero-order valence-electron chi connectivity index (χ0n) is 38.0. The maximum Gasteiger partial charge on any atom is 0.309 e. The van der Waals surface area contributed by atoms with Crippen molar-refractivity contribution in [1.29, 1.82) is 0 Å². The number of ether oxygens (including phenoxy) is 1. The van der Waals surface area contributed by atoms with Gasteiger partial charge in [0.2, 0.25) is 5.91 Å². The van der Waals surface area contributed by atoms with Gasteiger partial charge in [-0.1, -0.05) is 60.6 Å². The fraction of sp³-hybridized carbons (Fsp3) is 0.857. The van der Waals surface area contributed by atoms with Crippen molar-refractivity contribution in [3.8, 4) is 0 Å². The molecule has 9 nitrogen and oxygen atoms in total. The van der Waals surface area contributed by atoms with E-state index in [-0.39, 0.29) is 51.7 Å². The third kappa shape index (κ3) is 5.89. The van der Waals surface area contributed by atoms with Crippen LogP contribution in [-0.2, 0) is 19.1 Å². The van der Waals surface area contributed by atoms with E-state index in [0.29, 0.717) is 47.5 Å². The van der Waals surface area contributed by atoms with Gasteiger partial charge in [0.25, 0.3) is 0 Å². The van der Waals surface area contributed by atoms with Crippen molar-refractivity contribution in [2.45, 2.75) is 203 Å². The smallest absolute Gasteiger partial charge is 0.309 e. The van der Waals surface area contributed by atoms with Crippen LogP contribution >= 0.6 is 0 Å². The van der Waals surface area contributed by atoms with Crippen molar-refractivity contribution >= 4 is 17.8 Å². The SMILES string of the molecule is C=C(C)[C@@H]1CC[C@]2(C(=O)N3[C@@H]4CC[C@H]3C[C@@H](n3c(C)nnc3C(C)C)C4)CC[C@]3(C)[C@H](CC[C@@H]4[C@@]5(C)CC[C@H](OC(=O)CC(C)(C)C(=O)O)C(C)(C)[C@@H]5CC[C@]43C)[C@@H]12. The standard InChI is InChI=1S/C49H76N4O5/c1-28(2)34-17-22-49(42(55)53-31-13-14-32(53)26-33(25-31)52-30(5)50-51-41(52)29(3)4)24-23-47(11)35(40(34)49)15-16-37-46(10)20-19-38(58-39(54)27-44(6,7)43(56)57)45(8,9)36(46)18-21-48(37,47)12/h29,31-38,40H,1,13-27H2,2-12H3,(H,56,57)/t31-,32+,33+,34-,35+,36-,37+,38-,40+,46-,47+,48+,49-/m0/s1. The Morgan fingerprint density at radius 3 is 2.14 bits per heavy atom. The lowest BCUT2D eigenvalue weighted by molar-refractivity contribution is -0.250. The van der Waals surface area contributed by atoms with Gasteiger partial charge in [0.1, 0.15) is 17.8 Å². The lowest BCUT2D eigenvalue weighted by Gasteiger charge is -2.73. The topological polar surface area (TPSA) is 115 Å². The zero-order valence-corrected chi connectivity index (χ0v) is 38.0. The first-order chi connectivity index (χ1) is 27.0. The summed E-state index contributed by atoms with van der Waals surface area (Å²) < 4.78 is 8.64. The van der Waals surface area contributed by atoms with Crippen molar-refractivity contribution in [2.75, 3.05) is 0 Å². The number of nitrogens with zero attached hydrogens (tertiary/aromatic N) is 4. The molecule has 1 aromatic rings. The number of carbonyl (C=O) groups excluding carboxylic acids is 2.